The van der Waals surface area contributed by atoms with Crippen LogP contribution in [-0.2, 0) is 27.3 Å². The third kappa shape index (κ3) is 3.02. The number of benzene rings is 1. The van der Waals surface area contributed by atoms with E-state index < -0.39 is 11.7 Å². The monoisotopic (exact) mass is 421 g/mol. The molecule has 0 bridgehead atoms. The van der Waals surface area contributed by atoms with Gasteiger partial charge in [0.2, 0.25) is 0 Å². The molecule has 29 heavy (non-hydrogen) atoms. The van der Waals surface area contributed by atoms with Gasteiger partial charge in [-0.05, 0) is 24.0 Å². The Bertz CT molecular complexity index is 1320. The van der Waals surface area contributed by atoms with Gasteiger partial charge in [0.05, 0.1) is 16.6 Å². The fraction of sp³-hybridized carbons (Fsp3) is 0.316. The fourth-order valence-electron chi connectivity index (χ4n) is 3.45. The molecule has 6 nitrogen and oxygen atoms in total. The molecule has 0 amide bonds. The number of rotatable bonds is 3. The zero-order valence-electron chi connectivity index (χ0n) is 16.2. The van der Waals surface area contributed by atoms with Gasteiger partial charge in [-0.3, -0.25) is 9.13 Å². The van der Waals surface area contributed by atoms with Crippen LogP contribution in [0.2, 0.25) is 0 Å². The Balaban J connectivity index is 2.01. The summed E-state index contributed by atoms with van der Waals surface area (Å²) in [6, 6.07) is 4.80. The number of pyridine rings is 1. The first kappa shape index (κ1) is 19.6. The van der Waals surface area contributed by atoms with Gasteiger partial charge in [0.15, 0.2) is 5.65 Å². The Kier molecular flexibility index (Phi) is 4.49. The van der Waals surface area contributed by atoms with Crippen molar-refractivity contribution in [3.05, 3.63) is 40.4 Å². The van der Waals surface area contributed by atoms with E-state index in [0.717, 1.165) is 39.5 Å². The first-order valence-electron chi connectivity index (χ1n) is 8.85. The van der Waals surface area contributed by atoms with E-state index in [1.165, 1.54) is 0 Å². The van der Waals surface area contributed by atoms with E-state index in [0.29, 0.717) is 11.5 Å². The third-order valence-electron chi connectivity index (χ3n) is 4.95. The molecule has 3 heterocycles. The van der Waals surface area contributed by atoms with Crippen molar-refractivity contribution in [2.24, 2.45) is 21.1 Å². The topological polar surface area (TPSA) is 57.6 Å². The highest BCUT2D eigenvalue weighted by Gasteiger charge is 2.32. The molecule has 0 aliphatic rings. The van der Waals surface area contributed by atoms with E-state index in [4.69, 9.17) is 0 Å². The summed E-state index contributed by atoms with van der Waals surface area (Å²) < 4.78 is 44.0. The minimum absolute atomic E-state index is 0.147. The van der Waals surface area contributed by atoms with Crippen LogP contribution in [0.3, 0.4) is 0 Å². The van der Waals surface area contributed by atoms with Crippen LogP contribution in [0, 0.1) is 0 Å². The quantitative estimate of drug-likeness (QED) is 0.470. The van der Waals surface area contributed by atoms with Crippen molar-refractivity contribution in [3.8, 4) is 11.4 Å². The van der Waals surface area contributed by atoms with Crippen molar-refractivity contribution in [1.29, 1.82) is 0 Å². The number of imidazole rings is 2. The molecular weight excluding hydrogens is 403 g/mol. The van der Waals surface area contributed by atoms with E-state index in [2.05, 4.69) is 9.97 Å². The van der Waals surface area contributed by atoms with Crippen molar-refractivity contribution >= 4 is 34.0 Å². The summed E-state index contributed by atoms with van der Waals surface area (Å²) >= 11 is 1.58. The fourth-order valence-corrected chi connectivity index (χ4v) is 4.26. The van der Waals surface area contributed by atoms with Crippen LogP contribution in [0.4, 0.5) is 13.2 Å². The van der Waals surface area contributed by atoms with Gasteiger partial charge in [-0.2, -0.15) is 13.2 Å². The van der Waals surface area contributed by atoms with Crippen molar-refractivity contribution in [3.63, 3.8) is 0 Å². The second-order valence-corrected chi connectivity index (χ2v) is 8.04. The molecule has 0 aliphatic heterocycles. The molecule has 4 aromatic rings. The van der Waals surface area contributed by atoms with Crippen LogP contribution in [0.5, 0.6) is 0 Å². The molecule has 0 aliphatic carbocycles. The first-order valence-corrected chi connectivity index (χ1v) is 9.84. The van der Waals surface area contributed by atoms with Gasteiger partial charge in [0, 0.05) is 37.8 Å². The maximum Gasteiger partial charge on any atom is 0.417 e. The molecule has 0 unspecified atom stereocenters. The molecule has 0 atom stereocenters. The van der Waals surface area contributed by atoms with Crippen molar-refractivity contribution < 1.29 is 13.2 Å². The standard InChI is InChI=1S/C19H18F3N5OS/c1-5-29-15-8-14-13(25(2)18(28)26(14)3)7-11(15)16-24-12-6-10(19(20,21)22)9-23-17(12)27(16)4/h6-9H,5H2,1-4H3. The van der Waals surface area contributed by atoms with Crippen LogP contribution in [0.15, 0.2) is 34.1 Å². The summed E-state index contributed by atoms with van der Waals surface area (Å²) in [5, 5.41) is 0. The Morgan fingerprint density at radius 2 is 1.69 bits per heavy atom. The summed E-state index contributed by atoms with van der Waals surface area (Å²) in [5.74, 6) is 1.29. The Hall–Kier alpha value is -2.75. The number of nitrogens with zero attached hydrogens (tertiary/aromatic N) is 5. The smallest absolute Gasteiger partial charge is 0.312 e. The summed E-state index contributed by atoms with van der Waals surface area (Å²) in [4.78, 5) is 21.7. The highest BCUT2D eigenvalue weighted by atomic mass is 32.2. The highest BCUT2D eigenvalue weighted by molar-refractivity contribution is 7.99. The van der Waals surface area contributed by atoms with Gasteiger partial charge < -0.3 is 4.57 Å². The lowest BCUT2D eigenvalue weighted by molar-refractivity contribution is -0.137. The average molecular weight is 421 g/mol. The predicted octanol–water partition coefficient (Wildman–Crippen LogP) is 3.96. The number of hydrogen-bond acceptors (Lipinski definition) is 4. The lowest BCUT2D eigenvalue weighted by atomic mass is 10.2. The SMILES string of the molecule is CCSc1cc2c(cc1-c1nc3cc(C(F)(F)F)cnc3n1C)n(C)c(=O)n2C. The molecule has 4 rings (SSSR count). The molecule has 0 saturated heterocycles. The number of hydrogen-bond donors (Lipinski definition) is 0. The van der Waals surface area contributed by atoms with Crippen LogP contribution in [-0.4, -0.2) is 29.4 Å². The minimum atomic E-state index is -4.48. The summed E-state index contributed by atoms with van der Waals surface area (Å²) in [5.41, 5.74) is 1.82. The molecule has 0 N–H and O–H groups in total. The number of alkyl halides is 3. The molecule has 0 fully saturated rings. The molecule has 0 saturated carbocycles. The number of aryl methyl sites for hydroxylation is 3. The van der Waals surface area contributed by atoms with Gasteiger partial charge in [-0.1, -0.05) is 6.92 Å². The van der Waals surface area contributed by atoms with Crippen molar-refractivity contribution in [1.82, 2.24) is 23.7 Å². The van der Waals surface area contributed by atoms with E-state index >= 15 is 0 Å². The van der Waals surface area contributed by atoms with Gasteiger partial charge >= 0.3 is 11.9 Å². The van der Waals surface area contributed by atoms with Gasteiger partial charge in [-0.25, -0.2) is 14.8 Å². The van der Waals surface area contributed by atoms with Crippen LogP contribution >= 0.6 is 11.8 Å². The van der Waals surface area contributed by atoms with Gasteiger partial charge in [-0.15, -0.1) is 11.8 Å². The lowest BCUT2D eigenvalue weighted by Gasteiger charge is -2.10. The van der Waals surface area contributed by atoms with Crippen molar-refractivity contribution in [2.45, 2.75) is 18.0 Å². The normalized spacial score (nSPS) is 12.4. The molecule has 0 spiro atoms. The highest BCUT2D eigenvalue weighted by Crippen LogP contribution is 2.36. The zero-order chi connectivity index (χ0) is 21.1. The van der Waals surface area contributed by atoms with Crippen molar-refractivity contribution in [2.75, 3.05) is 5.75 Å². The molecular formula is C19H18F3N5OS. The Morgan fingerprint density at radius 1 is 1.03 bits per heavy atom. The number of aromatic nitrogens is 5. The predicted molar refractivity (Wildman–Crippen MR) is 107 cm³/mol. The average Bonchev–Trinajstić information content (AvgIpc) is 3.10. The number of fused-ring (bicyclic) bond motifs is 2. The lowest BCUT2D eigenvalue weighted by Crippen LogP contribution is -2.19. The van der Waals surface area contributed by atoms with Gasteiger partial charge in [0.25, 0.3) is 0 Å². The molecule has 10 heteroatoms. The largest absolute Gasteiger partial charge is 0.417 e. The minimum Gasteiger partial charge on any atom is -0.312 e. The van der Waals surface area contributed by atoms with E-state index in [1.54, 1.807) is 46.6 Å². The second-order valence-electron chi connectivity index (χ2n) is 6.73. The maximum absolute atomic E-state index is 13.1. The Morgan fingerprint density at radius 3 is 2.31 bits per heavy atom. The number of thioether (sulfide) groups is 1. The van der Waals surface area contributed by atoms with Crippen LogP contribution in [0.25, 0.3) is 33.6 Å². The Labute approximate surface area is 168 Å². The molecule has 152 valence electrons. The molecule has 0 radical (unpaired) electrons. The van der Waals surface area contributed by atoms with E-state index in [1.807, 2.05) is 19.1 Å². The van der Waals surface area contributed by atoms with E-state index in [9.17, 15) is 18.0 Å². The van der Waals surface area contributed by atoms with Crippen LogP contribution < -0.4 is 5.69 Å². The summed E-state index contributed by atoms with van der Waals surface area (Å²) in [7, 11) is 5.12. The van der Waals surface area contributed by atoms with Crippen LogP contribution in [0.1, 0.15) is 12.5 Å². The van der Waals surface area contributed by atoms with E-state index in [-0.39, 0.29) is 11.2 Å². The molecule has 1 aromatic carbocycles. The maximum atomic E-state index is 13.1. The molecule has 3 aromatic heterocycles. The first-order chi connectivity index (χ1) is 13.6. The number of halogens is 3. The summed E-state index contributed by atoms with van der Waals surface area (Å²) in [6.07, 6.45) is -3.66. The third-order valence-corrected chi connectivity index (χ3v) is 5.89. The second kappa shape index (κ2) is 6.65. The zero-order valence-corrected chi connectivity index (χ0v) is 17.0. The summed E-state index contributed by atoms with van der Waals surface area (Å²) in [6.45, 7) is 2.01. The van der Waals surface area contributed by atoms with Gasteiger partial charge in [0.1, 0.15) is 11.3 Å².